The molecule has 1 N–H and O–H groups in total. The Labute approximate surface area is 148 Å². The number of rotatable bonds is 6. The number of unbranched alkanes of at least 4 members (excludes halogenated alkanes) is 1. The quantitative estimate of drug-likeness (QED) is 0.612. The SMILES string of the molecule is CCCCN1C(=O)C(=O)N(CC(=O)Nc2cc(Cl)ccc2C#N)C1=O. The van der Waals surface area contributed by atoms with E-state index < -0.39 is 30.3 Å². The molecule has 0 aromatic heterocycles. The second-order valence-electron chi connectivity index (χ2n) is 5.33. The maximum atomic E-state index is 12.2. The van der Waals surface area contributed by atoms with Gasteiger partial charge in [-0.1, -0.05) is 24.9 Å². The molecule has 0 radical (unpaired) electrons. The molecule has 0 bridgehead atoms. The normalized spacial score (nSPS) is 14.0. The van der Waals surface area contributed by atoms with Gasteiger partial charge in [0.2, 0.25) is 5.91 Å². The Kier molecular flexibility index (Phi) is 5.72. The Morgan fingerprint density at radius 1 is 1.24 bits per heavy atom. The van der Waals surface area contributed by atoms with Crippen molar-refractivity contribution in [1.29, 1.82) is 5.26 Å². The van der Waals surface area contributed by atoms with Gasteiger partial charge in [-0.15, -0.1) is 0 Å². The third-order valence-corrected chi connectivity index (χ3v) is 3.78. The van der Waals surface area contributed by atoms with Crippen LogP contribution in [0.4, 0.5) is 10.5 Å². The maximum absolute atomic E-state index is 12.2. The zero-order valence-electron chi connectivity index (χ0n) is 13.4. The molecule has 130 valence electrons. The highest BCUT2D eigenvalue weighted by atomic mass is 35.5. The number of amides is 5. The first-order valence-electron chi connectivity index (χ1n) is 7.55. The highest BCUT2D eigenvalue weighted by Gasteiger charge is 2.44. The van der Waals surface area contributed by atoms with E-state index >= 15 is 0 Å². The minimum Gasteiger partial charge on any atom is -0.323 e. The van der Waals surface area contributed by atoms with E-state index in [1.807, 2.05) is 13.0 Å². The number of imide groups is 2. The van der Waals surface area contributed by atoms with Gasteiger partial charge < -0.3 is 5.32 Å². The Morgan fingerprint density at radius 3 is 2.56 bits per heavy atom. The lowest BCUT2D eigenvalue weighted by Crippen LogP contribution is -2.39. The predicted octanol–water partition coefficient (Wildman–Crippen LogP) is 1.74. The molecule has 0 atom stereocenters. The maximum Gasteiger partial charge on any atom is 0.334 e. The van der Waals surface area contributed by atoms with Crippen LogP contribution in [0.15, 0.2) is 18.2 Å². The fourth-order valence-corrected chi connectivity index (χ4v) is 2.43. The Morgan fingerprint density at radius 2 is 1.92 bits per heavy atom. The van der Waals surface area contributed by atoms with Crippen LogP contribution in [0.3, 0.4) is 0 Å². The van der Waals surface area contributed by atoms with Gasteiger partial charge in [0.15, 0.2) is 0 Å². The van der Waals surface area contributed by atoms with Gasteiger partial charge in [0.05, 0.1) is 11.3 Å². The standard InChI is InChI=1S/C16H15ClN4O4/c1-2-3-6-20-14(23)15(24)21(16(20)25)9-13(22)19-12-7-11(17)5-4-10(12)8-18/h4-5,7H,2-3,6,9H2,1H3,(H,19,22). The molecular formula is C16H15ClN4O4. The lowest BCUT2D eigenvalue weighted by Gasteiger charge is -2.15. The molecular weight excluding hydrogens is 348 g/mol. The summed E-state index contributed by atoms with van der Waals surface area (Å²) in [6.07, 6.45) is 1.32. The number of urea groups is 1. The van der Waals surface area contributed by atoms with Crippen molar-refractivity contribution in [2.45, 2.75) is 19.8 Å². The molecule has 1 aliphatic rings. The van der Waals surface area contributed by atoms with Gasteiger partial charge in [0.1, 0.15) is 12.6 Å². The smallest absolute Gasteiger partial charge is 0.323 e. The molecule has 5 amide bonds. The monoisotopic (exact) mass is 362 g/mol. The predicted molar refractivity (Wildman–Crippen MR) is 88.5 cm³/mol. The van der Waals surface area contributed by atoms with Crippen LogP contribution in [-0.4, -0.2) is 46.6 Å². The number of anilines is 1. The van der Waals surface area contributed by atoms with E-state index in [9.17, 15) is 19.2 Å². The van der Waals surface area contributed by atoms with Crippen LogP contribution in [-0.2, 0) is 14.4 Å². The molecule has 9 heteroatoms. The summed E-state index contributed by atoms with van der Waals surface area (Å²) in [6, 6.07) is 5.38. The first kappa shape index (κ1) is 18.4. The van der Waals surface area contributed by atoms with Crippen LogP contribution < -0.4 is 5.32 Å². The summed E-state index contributed by atoms with van der Waals surface area (Å²) in [7, 11) is 0. The minimum absolute atomic E-state index is 0.130. The summed E-state index contributed by atoms with van der Waals surface area (Å²) in [6.45, 7) is 1.39. The topological polar surface area (TPSA) is 111 Å². The number of nitrogens with zero attached hydrogens (tertiary/aromatic N) is 3. The summed E-state index contributed by atoms with van der Waals surface area (Å²) in [5.41, 5.74) is 0.339. The van der Waals surface area contributed by atoms with Crippen molar-refractivity contribution in [2.24, 2.45) is 0 Å². The molecule has 0 saturated carbocycles. The van der Waals surface area contributed by atoms with Gasteiger partial charge >= 0.3 is 17.8 Å². The van der Waals surface area contributed by atoms with Crippen molar-refractivity contribution in [3.63, 3.8) is 0 Å². The van der Waals surface area contributed by atoms with Crippen molar-refractivity contribution in [1.82, 2.24) is 9.80 Å². The van der Waals surface area contributed by atoms with Crippen molar-refractivity contribution < 1.29 is 19.2 Å². The Bertz CT molecular complexity index is 787. The number of halogens is 1. The number of benzene rings is 1. The van der Waals surface area contributed by atoms with Crippen LogP contribution in [0, 0.1) is 11.3 Å². The van der Waals surface area contributed by atoms with E-state index in [1.165, 1.54) is 18.2 Å². The van der Waals surface area contributed by atoms with Crippen LogP contribution in [0.25, 0.3) is 0 Å². The lowest BCUT2D eigenvalue weighted by molar-refractivity contribution is -0.143. The minimum atomic E-state index is -1.04. The second-order valence-corrected chi connectivity index (χ2v) is 5.77. The number of nitriles is 1. The Hall–Kier alpha value is -2.92. The average Bonchev–Trinajstić information content (AvgIpc) is 2.77. The number of hydrogen-bond donors (Lipinski definition) is 1. The van der Waals surface area contributed by atoms with Gasteiger partial charge in [-0.3, -0.25) is 19.3 Å². The molecule has 2 rings (SSSR count). The van der Waals surface area contributed by atoms with Crippen LogP contribution in [0.2, 0.25) is 5.02 Å². The summed E-state index contributed by atoms with van der Waals surface area (Å²) >= 11 is 5.83. The number of hydrogen-bond acceptors (Lipinski definition) is 5. The molecule has 1 aromatic rings. The molecule has 25 heavy (non-hydrogen) atoms. The molecule has 0 unspecified atom stereocenters. The van der Waals surface area contributed by atoms with Gasteiger partial charge in [-0.2, -0.15) is 5.26 Å². The van der Waals surface area contributed by atoms with Crippen LogP contribution in [0.1, 0.15) is 25.3 Å². The molecule has 0 spiro atoms. The van der Waals surface area contributed by atoms with E-state index in [4.69, 9.17) is 16.9 Å². The van der Waals surface area contributed by atoms with E-state index in [1.54, 1.807) is 0 Å². The largest absolute Gasteiger partial charge is 0.334 e. The zero-order valence-corrected chi connectivity index (χ0v) is 14.2. The van der Waals surface area contributed by atoms with E-state index in [2.05, 4.69) is 5.32 Å². The van der Waals surface area contributed by atoms with Crippen molar-refractivity contribution >= 4 is 41.0 Å². The summed E-state index contributed by atoms with van der Waals surface area (Å²) in [5, 5.41) is 11.8. The number of nitrogens with one attached hydrogen (secondary N) is 1. The lowest BCUT2D eigenvalue weighted by atomic mass is 10.2. The van der Waals surface area contributed by atoms with Crippen molar-refractivity contribution in [3.8, 4) is 6.07 Å². The van der Waals surface area contributed by atoms with Crippen LogP contribution >= 0.6 is 11.6 Å². The molecule has 1 aliphatic heterocycles. The molecule has 1 aromatic carbocycles. The second kappa shape index (κ2) is 7.77. The number of carbonyl (C=O) groups excluding carboxylic acids is 4. The van der Waals surface area contributed by atoms with Crippen LogP contribution in [0.5, 0.6) is 0 Å². The summed E-state index contributed by atoms with van der Waals surface area (Å²) < 4.78 is 0. The van der Waals surface area contributed by atoms with E-state index in [0.717, 1.165) is 11.3 Å². The average molecular weight is 363 g/mol. The molecule has 8 nitrogen and oxygen atoms in total. The summed E-state index contributed by atoms with van der Waals surface area (Å²) in [5.74, 6) is -2.69. The van der Waals surface area contributed by atoms with Gasteiger partial charge in [0, 0.05) is 11.6 Å². The molecule has 0 aliphatic carbocycles. The molecule has 1 saturated heterocycles. The Balaban J connectivity index is 2.09. The van der Waals surface area contributed by atoms with Gasteiger partial charge in [-0.25, -0.2) is 9.69 Å². The zero-order chi connectivity index (χ0) is 18.6. The van der Waals surface area contributed by atoms with Gasteiger partial charge in [-0.05, 0) is 24.6 Å². The van der Waals surface area contributed by atoms with Gasteiger partial charge in [0.25, 0.3) is 0 Å². The third-order valence-electron chi connectivity index (χ3n) is 3.55. The first-order valence-corrected chi connectivity index (χ1v) is 7.93. The fraction of sp³-hybridized carbons (Fsp3) is 0.312. The highest BCUT2D eigenvalue weighted by Crippen LogP contribution is 2.21. The van der Waals surface area contributed by atoms with E-state index in [0.29, 0.717) is 16.3 Å². The molecule has 1 fully saturated rings. The molecule has 1 heterocycles. The fourth-order valence-electron chi connectivity index (χ4n) is 2.25. The van der Waals surface area contributed by atoms with E-state index in [-0.39, 0.29) is 17.8 Å². The van der Waals surface area contributed by atoms with Crippen molar-refractivity contribution in [2.75, 3.05) is 18.4 Å². The highest BCUT2D eigenvalue weighted by molar-refractivity contribution is 6.45. The van der Waals surface area contributed by atoms with Crippen molar-refractivity contribution in [3.05, 3.63) is 28.8 Å². The summed E-state index contributed by atoms with van der Waals surface area (Å²) in [4.78, 5) is 49.5. The third kappa shape index (κ3) is 3.95. The first-order chi connectivity index (χ1) is 11.9. The number of carbonyl (C=O) groups is 4.